The van der Waals surface area contributed by atoms with Crippen molar-refractivity contribution in [1.82, 2.24) is 5.32 Å². The van der Waals surface area contributed by atoms with Crippen molar-refractivity contribution in [1.29, 1.82) is 0 Å². The molecule has 0 bridgehead atoms. The van der Waals surface area contributed by atoms with Gasteiger partial charge in [-0.3, -0.25) is 9.59 Å². The number of benzene rings is 2. The number of anilines is 1. The lowest BCUT2D eigenvalue weighted by molar-refractivity contribution is -0.136. The minimum absolute atomic E-state index is 0.329. The largest absolute Gasteiger partial charge is 0.465 e. The molecule has 0 saturated heterocycles. The van der Waals surface area contributed by atoms with E-state index >= 15 is 0 Å². The number of hydrogen-bond acceptors (Lipinski definition) is 4. The number of amides is 2. The maximum atomic E-state index is 11.8. The first-order valence-corrected chi connectivity index (χ1v) is 7.89. The highest BCUT2D eigenvalue weighted by molar-refractivity contribution is 6.39. The molecule has 0 aliphatic carbocycles. The van der Waals surface area contributed by atoms with Crippen LogP contribution in [0.3, 0.4) is 0 Å². The standard InChI is InChI=1S/C18H17ClN2O4/c1-25-18(24)13-4-8-15(9-5-13)21-17(23)16(22)20-11-10-12-2-6-14(19)7-3-12/h2-9H,10-11H2,1H3,(H,20,22)(H,21,23). The summed E-state index contributed by atoms with van der Waals surface area (Å²) < 4.78 is 4.59. The van der Waals surface area contributed by atoms with Crippen LogP contribution in [0.15, 0.2) is 48.5 Å². The number of hydrogen-bond donors (Lipinski definition) is 2. The third-order valence-electron chi connectivity index (χ3n) is 3.38. The Kier molecular flexibility index (Phi) is 6.54. The third kappa shape index (κ3) is 5.61. The Labute approximate surface area is 150 Å². The minimum Gasteiger partial charge on any atom is -0.465 e. The van der Waals surface area contributed by atoms with Gasteiger partial charge >= 0.3 is 17.8 Å². The fraction of sp³-hybridized carbons (Fsp3) is 0.167. The predicted octanol–water partition coefficient (Wildman–Crippen LogP) is 2.42. The number of rotatable bonds is 5. The van der Waals surface area contributed by atoms with Crippen LogP contribution < -0.4 is 10.6 Å². The quantitative estimate of drug-likeness (QED) is 0.633. The summed E-state index contributed by atoms with van der Waals surface area (Å²) in [7, 11) is 1.28. The van der Waals surface area contributed by atoms with Crippen molar-refractivity contribution >= 4 is 35.1 Å². The van der Waals surface area contributed by atoms with Crippen LogP contribution in [0, 0.1) is 0 Å². The van der Waals surface area contributed by atoms with Crippen LogP contribution in [-0.4, -0.2) is 31.4 Å². The molecule has 6 nitrogen and oxygen atoms in total. The van der Waals surface area contributed by atoms with E-state index in [1.54, 1.807) is 12.1 Å². The van der Waals surface area contributed by atoms with Gasteiger partial charge in [0, 0.05) is 17.3 Å². The van der Waals surface area contributed by atoms with Crippen molar-refractivity contribution in [3.8, 4) is 0 Å². The molecular weight excluding hydrogens is 344 g/mol. The molecule has 2 aromatic carbocycles. The van der Waals surface area contributed by atoms with E-state index in [9.17, 15) is 14.4 Å². The normalized spacial score (nSPS) is 10.0. The molecule has 0 radical (unpaired) electrons. The molecule has 130 valence electrons. The molecule has 0 saturated carbocycles. The molecule has 25 heavy (non-hydrogen) atoms. The second-order valence-electron chi connectivity index (χ2n) is 5.16. The Balaban J connectivity index is 1.80. The van der Waals surface area contributed by atoms with Crippen LogP contribution >= 0.6 is 11.6 Å². The summed E-state index contributed by atoms with van der Waals surface area (Å²) in [4.78, 5) is 35.0. The fourth-order valence-corrected chi connectivity index (χ4v) is 2.17. The van der Waals surface area contributed by atoms with Gasteiger partial charge in [0.25, 0.3) is 0 Å². The van der Waals surface area contributed by atoms with Crippen LogP contribution in [0.2, 0.25) is 5.02 Å². The van der Waals surface area contributed by atoms with Crippen molar-refractivity contribution in [2.75, 3.05) is 19.0 Å². The summed E-state index contributed by atoms with van der Waals surface area (Å²) in [5, 5.41) is 5.65. The number of ether oxygens (including phenoxy) is 1. The van der Waals surface area contributed by atoms with E-state index < -0.39 is 17.8 Å². The van der Waals surface area contributed by atoms with E-state index in [4.69, 9.17) is 11.6 Å². The number of carbonyl (C=O) groups is 3. The Morgan fingerprint density at radius 2 is 1.60 bits per heavy atom. The first kappa shape index (κ1) is 18.5. The maximum absolute atomic E-state index is 11.8. The monoisotopic (exact) mass is 360 g/mol. The van der Waals surface area contributed by atoms with Crippen molar-refractivity contribution in [3.63, 3.8) is 0 Å². The van der Waals surface area contributed by atoms with Crippen molar-refractivity contribution in [2.45, 2.75) is 6.42 Å². The SMILES string of the molecule is COC(=O)c1ccc(NC(=O)C(=O)NCCc2ccc(Cl)cc2)cc1. The highest BCUT2D eigenvalue weighted by atomic mass is 35.5. The number of nitrogens with one attached hydrogen (secondary N) is 2. The number of esters is 1. The molecule has 0 fully saturated rings. The highest BCUT2D eigenvalue weighted by Crippen LogP contribution is 2.11. The van der Waals surface area contributed by atoms with E-state index in [-0.39, 0.29) is 0 Å². The zero-order valence-electron chi connectivity index (χ0n) is 13.5. The maximum Gasteiger partial charge on any atom is 0.337 e. The molecule has 0 unspecified atom stereocenters. The van der Waals surface area contributed by atoms with Gasteiger partial charge in [-0.1, -0.05) is 23.7 Å². The van der Waals surface area contributed by atoms with E-state index in [0.29, 0.717) is 29.2 Å². The van der Waals surface area contributed by atoms with E-state index in [2.05, 4.69) is 15.4 Å². The van der Waals surface area contributed by atoms with Crippen LogP contribution in [0.1, 0.15) is 15.9 Å². The average molecular weight is 361 g/mol. The topological polar surface area (TPSA) is 84.5 Å². The molecule has 2 N–H and O–H groups in total. The van der Waals surface area contributed by atoms with E-state index in [0.717, 1.165) is 5.56 Å². The average Bonchev–Trinajstić information content (AvgIpc) is 2.63. The Hall–Kier alpha value is -2.86. The van der Waals surface area contributed by atoms with Crippen molar-refractivity contribution in [3.05, 3.63) is 64.7 Å². The van der Waals surface area contributed by atoms with Gasteiger partial charge in [-0.2, -0.15) is 0 Å². The lowest BCUT2D eigenvalue weighted by Gasteiger charge is -2.07. The first-order valence-electron chi connectivity index (χ1n) is 7.51. The van der Waals surface area contributed by atoms with Gasteiger partial charge in [0.1, 0.15) is 0 Å². The molecule has 0 heterocycles. The third-order valence-corrected chi connectivity index (χ3v) is 3.63. The molecule has 2 amide bonds. The lowest BCUT2D eigenvalue weighted by atomic mass is 10.1. The molecule has 0 aliphatic rings. The molecule has 0 aliphatic heterocycles. The van der Waals surface area contributed by atoms with Gasteiger partial charge in [0.05, 0.1) is 12.7 Å². The van der Waals surface area contributed by atoms with Crippen LogP contribution in [0.5, 0.6) is 0 Å². The van der Waals surface area contributed by atoms with Crippen LogP contribution in [-0.2, 0) is 20.7 Å². The van der Waals surface area contributed by atoms with Gasteiger partial charge in [-0.05, 0) is 48.4 Å². The summed E-state index contributed by atoms with van der Waals surface area (Å²) in [6, 6.07) is 13.3. The van der Waals surface area contributed by atoms with E-state index in [1.807, 2.05) is 12.1 Å². The van der Waals surface area contributed by atoms with Gasteiger partial charge in [0.2, 0.25) is 0 Å². The lowest BCUT2D eigenvalue weighted by Crippen LogP contribution is -2.36. The van der Waals surface area contributed by atoms with Gasteiger partial charge < -0.3 is 15.4 Å². The fourth-order valence-electron chi connectivity index (χ4n) is 2.05. The first-order chi connectivity index (χ1) is 12.0. The molecule has 0 aromatic heterocycles. The summed E-state index contributed by atoms with van der Waals surface area (Å²) >= 11 is 5.80. The van der Waals surface area contributed by atoms with E-state index in [1.165, 1.54) is 31.4 Å². The van der Waals surface area contributed by atoms with Crippen molar-refractivity contribution < 1.29 is 19.1 Å². The molecule has 2 aromatic rings. The summed E-state index contributed by atoms with van der Waals surface area (Å²) in [6.07, 6.45) is 0.587. The molecule has 2 rings (SSSR count). The summed E-state index contributed by atoms with van der Waals surface area (Å²) in [5.41, 5.74) is 1.77. The van der Waals surface area contributed by atoms with Crippen LogP contribution in [0.4, 0.5) is 5.69 Å². The minimum atomic E-state index is -0.776. The second kappa shape index (κ2) is 8.84. The smallest absolute Gasteiger partial charge is 0.337 e. The highest BCUT2D eigenvalue weighted by Gasteiger charge is 2.13. The van der Waals surface area contributed by atoms with Gasteiger partial charge in [-0.15, -0.1) is 0 Å². The van der Waals surface area contributed by atoms with Crippen molar-refractivity contribution in [2.24, 2.45) is 0 Å². The van der Waals surface area contributed by atoms with Gasteiger partial charge in [0.15, 0.2) is 0 Å². The summed E-state index contributed by atoms with van der Waals surface area (Å²) in [6.45, 7) is 0.329. The second-order valence-corrected chi connectivity index (χ2v) is 5.59. The Morgan fingerprint density at radius 1 is 0.960 bits per heavy atom. The van der Waals surface area contributed by atoms with Crippen LogP contribution in [0.25, 0.3) is 0 Å². The molecule has 0 atom stereocenters. The number of methoxy groups -OCH3 is 1. The molecular formula is C18H17ClN2O4. The van der Waals surface area contributed by atoms with Gasteiger partial charge in [-0.25, -0.2) is 4.79 Å². The summed E-state index contributed by atoms with van der Waals surface area (Å²) in [5.74, 6) is -1.98. The Bertz CT molecular complexity index is 758. The zero-order valence-corrected chi connectivity index (χ0v) is 14.3. The molecule has 7 heteroatoms. The Morgan fingerprint density at radius 3 is 2.20 bits per heavy atom. The predicted molar refractivity (Wildman–Crippen MR) is 94.6 cm³/mol. The number of halogens is 1. The molecule has 0 spiro atoms. The zero-order chi connectivity index (χ0) is 18.2. The number of carbonyl (C=O) groups excluding carboxylic acids is 3.